The van der Waals surface area contributed by atoms with Gasteiger partial charge in [-0.1, -0.05) is 60.7 Å². The van der Waals surface area contributed by atoms with Gasteiger partial charge in [0.25, 0.3) is 10.0 Å². The maximum atomic E-state index is 13.0. The first kappa shape index (κ1) is 20.0. The molecule has 3 aromatic carbocycles. The van der Waals surface area contributed by atoms with Crippen molar-refractivity contribution >= 4 is 21.4 Å². The van der Waals surface area contributed by atoms with E-state index in [9.17, 15) is 8.42 Å². The first-order valence-corrected chi connectivity index (χ1v) is 11.7. The lowest BCUT2D eigenvalue weighted by molar-refractivity contribution is 0.601. The fourth-order valence-corrected chi connectivity index (χ4v) is 4.76. The molecule has 0 aliphatic heterocycles. The number of sulfonamides is 1. The highest BCUT2D eigenvalue weighted by molar-refractivity contribution is 7.92. The summed E-state index contributed by atoms with van der Waals surface area (Å²) in [7, 11) is -3.72. The molecule has 0 spiro atoms. The van der Waals surface area contributed by atoms with Crippen molar-refractivity contribution in [2.24, 2.45) is 0 Å². The molecule has 6 heteroatoms. The normalized spacial score (nSPS) is 11.5. The van der Waals surface area contributed by atoms with Crippen LogP contribution in [0.4, 0.5) is 5.69 Å². The van der Waals surface area contributed by atoms with E-state index in [1.807, 2.05) is 90.4 Å². The smallest absolute Gasteiger partial charge is 0.261 e. The van der Waals surface area contributed by atoms with Gasteiger partial charge in [-0.25, -0.2) is 13.4 Å². The zero-order valence-corrected chi connectivity index (χ0v) is 18.3. The number of aryl methyl sites for hydroxylation is 1. The van der Waals surface area contributed by atoms with Gasteiger partial charge in [-0.3, -0.25) is 4.72 Å². The summed E-state index contributed by atoms with van der Waals surface area (Å²) in [6.45, 7) is 2.01. The summed E-state index contributed by atoms with van der Waals surface area (Å²) >= 11 is 0. The van der Waals surface area contributed by atoms with Crippen molar-refractivity contribution in [3.05, 3.63) is 109 Å². The summed E-state index contributed by atoms with van der Waals surface area (Å²) in [5, 5.41) is 0. The van der Waals surface area contributed by atoms with Gasteiger partial charge in [0.05, 0.1) is 10.6 Å². The molecule has 0 saturated heterocycles. The number of hydrogen-bond donors (Lipinski definition) is 1. The lowest BCUT2D eigenvalue weighted by Gasteiger charge is -2.10. The number of nitrogens with one attached hydrogen (secondary N) is 1. The van der Waals surface area contributed by atoms with Gasteiger partial charge in [-0.2, -0.15) is 0 Å². The number of imidazole rings is 1. The quantitative estimate of drug-likeness (QED) is 0.378. The van der Waals surface area contributed by atoms with Gasteiger partial charge in [0.15, 0.2) is 0 Å². The van der Waals surface area contributed by atoms with Crippen LogP contribution in [0.3, 0.4) is 0 Å². The van der Waals surface area contributed by atoms with Crippen LogP contribution in [0.1, 0.15) is 5.56 Å². The van der Waals surface area contributed by atoms with E-state index in [0.717, 1.165) is 33.6 Å². The third-order valence-corrected chi connectivity index (χ3v) is 6.76. The van der Waals surface area contributed by atoms with Gasteiger partial charge < -0.3 is 4.40 Å². The molecule has 5 rings (SSSR count). The van der Waals surface area contributed by atoms with E-state index < -0.39 is 10.0 Å². The molecule has 0 aliphatic carbocycles. The summed E-state index contributed by atoms with van der Waals surface area (Å²) in [6.07, 6.45) is 3.89. The van der Waals surface area contributed by atoms with Crippen LogP contribution in [0.25, 0.3) is 28.0 Å². The van der Waals surface area contributed by atoms with Crippen molar-refractivity contribution in [3.8, 4) is 22.4 Å². The molecule has 0 saturated carbocycles. The standard InChI is InChI=1S/C26H21N3O2S/c1-19-7-6-16-29-18-25(27-26(19)29)22-10-5-11-23(17-22)28-32(30,31)24-14-12-21(13-15-24)20-8-3-2-4-9-20/h2-18,28H,1H3. The zero-order chi connectivity index (χ0) is 22.1. The van der Waals surface area contributed by atoms with Crippen LogP contribution >= 0.6 is 0 Å². The largest absolute Gasteiger partial charge is 0.306 e. The predicted molar refractivity (Wildman–Crippen MR) is 128 cm³/mol. The summed E-state index contributed by atoms with van der Waals surface area (Å²) in [5.74, 6) is 0. The molecule has 0 bridgehead atoms. The van der Waals surface area contributed by atoms with Gasteiger partial charge in [0, 0.05) is 23.6 Å². The molecule has 2 aromatic heterocycles. The summed E-state index contributed by atoms with van der Waals surface area (Å²) < 4.78 is 30.6. The van der Waals surface area contributed by atoms with E-state index in [1.165, 1.54) is 0 Å². The second-order valence-corrected chi connectivity index (χ2v) is 9.31. The lowest BCUT2D eigenvalue weighted by atomic mass is 10.1. The van der Waals surface area contributed by atoms with Crippen molar-refractivity contribution in [1.29, 1.82) is 0 Å². The number of nitrogens with zero attached hydrogens (tertiary/aromatic N) is 2. The Hall–Kier alpha value is -3.90. The van der Waals surface area contributed by atoms with Crippen LogP contribution < -0.4 is 4.72 Å². The highest BCUT2D eigenvalue weighted by atomic mass is 32.2. The van der Waals surface area contributed by atoms with E-state index in [0.29, 0.717) is 5.69 Å². The van der Waals surface area contributed by atoms with Gasteiger partial charge in [-0.05, 0) is 53.9 Å². The van der Waals surface area contributed by atoms with Gasteiger partial charge >= 0.3 is 0 Å². The van der Waals surface area contributed by atoms with Crippen LogP contribution in [-0.4, -0.2) is 17.8 Å². The Kier molecular flexibility index (Phi) is 4.99. The molecule has 2 heterocycles. The fraction of sp³-hybridized carbons (Fsp3) is 0.0385. The second kappa shape index (κ2) is 7.98. The molecule has 1 N–H and O–H groups in total. The second-order valence-electron chi connectivity index (χ2n) is 7.62. The molecule has 0 fully saturated rings. The van der Waals surface area contributed by atoms with E-state index in [-0.39, 0.29) is 4.90 Å². The maximum Gasteiger partial charge on any atom is 0.261 e. The molecule has 0 amide bonds. The molecule has 5 nitrogen and oxygen atoms in total. The molecular weight excluding hydrogens is 418 g/mol. The van der Waals surface area contributed by atoms with Gasteiger partial charge in [0.1, 0.15) is 5.65 Å². The first-order valence-electron chi connectivity index (χ1n) is 10.2. The monoisotopic (exact) mass is 439 g/mol. The Bertz CT molecular complexity index is 1510. The number of pyridine rings is 1. The first-order chi connectivity index (χ1) is 15.5. The highest BCUT2D eigenvalue weighted by Gasteiger charge is 2.15. The average Bonchev–Trinajstić information content (AvgIpc) is 3.26. The SMILES string of the molecule is Cc1cccn2cc(-c3cccc(NS(=O)(=O)c4ccc(-c5ccccc5)cc4)c3)nc12. The van der Waals surface area contributed by atoms with Crippen LogP contribution in [0.5, 0.6) is 0 Å². The number of fused-ring (bicyclic) bond motifs is 1. The average molecular weight is 440 g/mol. The summed E-state index contributed by atoms with van der Waals surface area (Å²) in [4.78, 5) is 4.92. The van der Waals surface area contributed by atoms with E-state index in [4.69, 9.17) is 4.98 Å². The van der Waals surface area contributed by atoms with Gasteiger partial charge in [0.2, 0.25) is 0 Å². The Morgan fingerprint density at radius 3 is 2.25 bits per heavy atom. The Balaban J connectivity index is 1.41. The van der Waals surface area contributed by atoms with Crippen LogP contribution in [0.2, 0.25) is 0 Å². The summed E-state index contributed by atoms with van der Waals surface area (Å²) in [5.41, 5.74) is 6.08. The lowest BCUT2D eigenvalue weighted by Crippen LogP contribution is -2.12. The van der Waals surface area contributed by atoms with Crippen LogP contribution in [-0.2, 0) is 10.0 Å². The highest BCUT2D eigenvalue weighted by Crippen LogP contribution is 2.26. The molecular formula is C26H21N3O2S. The molecule has 0 radical (unpaired) electrons. The minimum Gasteiger partial charge on any atom is -0.306 e. The van der Waals surface area contributed by atoms with Crippen molar-refractivity contribution in [3.63, 3.8) is 0 Å². The zero-order valence-electron chi connectivity index (χ0n) is 17.4. The van der Waals surface area contributed by atoms with Crippen LogP contribution in [0.15, 0.2) is 108 Å². The molecule has 5 aromatic rings. The number of hydrogen-bond acceptors (Lipinski definition) is 3. The van der Waals surface area contributed by atoms with Gasteiger partial charge in [-0.15, -0.1) is 0 Å². The van der Waals surface area contributed by atoms with Crippen LogP contribution in [0, 0.1) is 6.92 Å². The Morgan fingerprint density at radius 1 is 0.781 bits per heavy atom. The minimum atomic E-state index is -3.72. The molecule has 158 valence electrons. The Morgan fingerprint density at radius 2 is 1.50 bits per heavy atom. The number of rotatable bonds is 5. The van der Waals surface area contributed by atoms with Crippen molar-refractivity contribution in [1.82, 2.24) is 9.38 Å². The van der Waals surface area contributed by atoms with E-state index in [2.05, 4.69) is 4.72 Å². The predicted octanol–water partition coefficient (Wildman–Crippen LogP) is 5.78. The minimum absolute atomic E-state index is 0.214. The van der Waals surface area contributed by atoms with Crippen molar-refractivity contribution in [2.45, 2.75) is 11.8 Å². The molecule has 0 aliphatic rings. The molecule has 0 unspecified atom stereocenters. The number of anilines is 1. The topological polar surface area (TPSA) is 63.5 Å². The van der Waals surface area contributed by atoms with E-state index >= 15 is 0 Å². The fourth-order valence-electron chi connectivity index (χ4n) is 3.71. The Labute approximate surface area is 187 Å². The van der Waals surface area contributed by atoms with Crippen molar-refractivity contribution < 1.29 is 8.42 Å². The third kappa shape index (κ3) is 3.88. The third-order valence-electron chi connectivity index (χ3n) is 5.36. The van der Waals surface area contributed by atoms with E-state index in [1.54, 1.807) is 24.3 Å². The summed E-state index contributed by atoms with van der Waals surface area (Å²) in [6, 6.07) is 28.0. The number of benzene rings is 3. The number of aromatic nitrogens is 2. The maximum absolute atomic E-state index is 13.0. The molecule has 32 heavy (non-hydrogen) atoms. The molecule has 0 atom stereocenters. The van der Waals surface area contributed by atoms with Crippen molar-refractivity contribution in [2.75, 3.05) is 4.72 Å².